The average Bonchev–Trinajstić information content (AvgIpc) is 3.15. The summed E-state index contributed by atoms with van der Waals surface area (Å²) in [6.45, 7) is 6.48. The number of anilines is 2. The number of carbonyl (C=O) groups excluding carboxylic acids is 1. The fourth-order valence-electron chi connectivity index (χ4n) is 3.14. The van der Waals surface area contributed by atoms with Crippen molar-refractivity contribution in [2.45, 2.75) is 27.3 Å². The van der Waals surface area contributed by atoms with E-state index in [4.69, 9.17) is 9.47 Å². The molecule has 29 heavy (non-hydrogen) atoms. The molecule has 0 saturated heterocycles. The highest BCUT2D eigenvalue weighted by molar-refractivity contribution is 5.92. The van der Waals surface area contributed by atoms with Gasteiger partial charge in [0, 0.05) is 17.9 Å². The highest BCUT2D eigenvalue weighted by atomic mass is 16.7. The third-order valence-electron chi connectivity index (χ3n) is 4.61. The van der Waals surface area contributed by atoms with Crippen LogP contribution >= 0.6 is 0 Å². The molecule has 7 nitrogen and oxygen atoms in total. The molecule has 0 aliphatic carbocycles. The van der Waals surface area contributed by atoms with Crippen LogP contribution in [-0.2, 0) is 6.54 Å². The van der Waals surface area contributed by atoms with Crippen molar-refractivity contribution in [3.8, 4) is 11.5 Å². The van der Waals surface area contributed by atoms with Gasteiger partial charge in [-0.25, -0.2) is 9.97 Å². The number of carbonyl (C=O) groups is 1. The number of hydrogen-bond acceptors (Lipinski definition) is 6. The normalized spacial score (nSPS) is 12.0. The molecule has 2 aromatic carbocycles. The van der Waals surface area contributed by atoms with E-state index in [2.05, 4.69) is 26.7 Å². The highest BCUT2D eigenvalue weighted by Crippen LogP contribution is 2.32. The molecular formula is C22H22N4O3. The lowest BCUT2D eigenvalue weighted by atomic mass is 10.1. The van der Waals surface area contributed by atoms with Crippen molar-refractivity contribution in [2.75, 3.05) is 12.1 Å². The van der Waals surface area contributed by atoms with E-state index in [0.29, 0.717) is 35.4 Å². The molecule has 1 amide bonds. The van der Waals surface area contributed by atoms with Gasteiger partial charge in [0.2, 0.25) is 12.7 Å². The van der Waals surface area contributed by atoms with Crippen molar-refractivity contribution in [1.82, 2.24) is 15.3 Å². The Balaban J connectivity index is 1.47. The summed E-state index contributed by atoms with van der Waals surface area (Å²) in [4.78, 5) is 21.4. The molecule has 0 radical (unpaired) electrons. The molecule has 1 aromatic heterocycles. The lowest BCUT2D eigenvalue weighted by Gasteiger charge is -2.11. The zero-order valence-electron chi connectivity index (χ0n) is 16.6. The van der Waals surface area contributed by atoms with Crippen LogP contribution in [0.15, 0.2) is 42.5 Å². The van der Waals surface area contributed by atoms with Crippen LogP contribution in [0, 0.1) is 20.8 Å². The monoisotopic (exact) mass is 390 g/mol. The maximum absolute atomic E-state index is 12.6. The molecule has 0 saturated carbocycles. The summed E-state index contributed by atoms with van der Waals surface area (Å²) in [6.07, 6.45) is 0. The van der Waals surface area contributed by atoms with Gasteiger partial charge in [-0.2, -0.15) is 0 Å². The quantitative estimate of drug-likeness (QED) is 0.689. The number of hydrogen-bond donors (Lipinski definition) is 2. The zero-order valence-corrected chi connectivity index (χ0v) is 16.6. The molecule has 148 valence electrons. The van der Waals surface area contributed by atoms with E-state index in [9.17, 15) is 4.79 Å². The molecule has 0 fully saturated rings. The van der Waals surface area contributed by atoms with Gasteiger partial charge in [-0.05, 0) is 56.2 Å². The Hall–Kier alpha value is -3.61. The van der Waals surface area contributed by atoms with Gasteiger partial charge in [-0.3, -0.25) is 4.79 Å². The molecule has 2 heterocycles. The lowest BCUT2D eigenvalue weighted by Crippen LogP contribution is -2.24. The van der Waals surface area contributed by atoms with E-state index in [0.717, 1.165) is 16.8 Å². The van der Waals surface area contributed by atoms with E-state index >= 15 is 0 Å². The van der Waals surface area contributed by atoms with Crippen LogP contribution in [0.5, 0.6) is 11.5 Å². The molecule has 7 heteroatoms. The summed E-state index contributed by atoms with van der Waals surface area (Å²) in [6, 6.07) is 13.3. The van der Waals surface area contributed by atoms with Crippen LogP contribution < -0.4 is 20.1 Å². The Kier molecular flexibility index (Phi) is 5.03. The highest BCUT2D eigenvalue weighted by Gasteiger charge is 2.15. The van der Waals surface area contributed by atoms with Crippen molar-refractivity contribution in [3.05, 3.63) is 70.5 Å². The molecule has 0 spiro atoms. The number of fused-ring (bicyclic) bond motifs is 1. The van der Waals surface area contributed by atoms with Gasteiger partial charge in [0.15, 0.2) is 11.5 Å². The van der Waals surface area contributed by atoms with Gasteiger partial charge in [0.1, 0.15) is 5.69 Å². The molecule has 2 N–H and O–H groups in total. The summed E-state index contributed by atoms with van der Waals surface area (Å²) in [5.41, 5.74) is 5.12. The number of nitrogens with one attached hydrogen (secondary N) is 2. The predicted molar refractivity (Wildman–Crippen MR) is 110 cm³/mol. The maximum Gasteiger partial charge on any atom is 0.270 e. The van der Waals surface area contributed by atoms with Crippen molar-refractivity contribution >= 4 is 17.5 Å². The first-order valence-electron chi connectivity index (χ1n) is 9.34. The van der Waals surface area contributed by atoms with E-state index in [1.54, 1.807) is 6.07 Å². The summed E-state index contributed by atoms with van der Waals surface area (Å²) in [7, 11) is 0. The van der Waals surface area contributed by atoms with E-state index in [-0.39, 0.29) is 12.7 Å². The number of amides is 1. The Bertz CT molecular complexity index is 1080. The number of rotatable bonds is 5. The van der Waals surface area contributed by atoms with Crippen molar-refractivity contribution in [2.24, 2.45) is 0 Å². The molecule has 0 atom stereocenters. The largest absolute Gasteiger partial charge is 0.454 e. The first kappa shape index (κ1) is 18.7. The number of aryl methyl sites for hydroxylation is 3. The second-order valence-electron chi connectivity index (χ2n) is 7.03. The van der Waals surface area contributed by atoms with Gasteiger partial charge in [-0.1, -0.05) is 23.8 Å². The maximum atomic E-state index is 12.6. The van der Waals surface area contributed by atoms with E-state index in [1.807, 2.05) is 51.1 Å². The van der Waals surface area contributed by atoms with E-state index in [1.165, 1.54) is 5.56 Å². The summed E-state index contributed by atoms with van der Waals surface area (Å²) < 4.78 is 10.7. The number of nitrogens with zero attached hydrogens (tertiary/aromatic N) is 2. The van der Waals surface area contributed by atoms with Gasteiger partial charge in [0.05, 0.1) is 0 Å². The Morgan fingerprint density at radius 3 is 2.66 bits per heavy atom. The third-order valence-corrected chi connectivity index (χ3v) is 4.61. The predicted octanol–water partition coefficient (Wildman–Crippen LogP) is 3.80. The van der Waals surface area contributed by atoms with Crippen molar-refractivity contribution in [1.29, 1.82) is 0 Å². The van der Waals surface area contributed by atoms with Crippen LogP contribution in [0.25, 0.3) is 0 Å². The molecule has 4 rings (SSSR count). The minimum atomic E-state index is -0.267. The number of benzene rings is 2. The lowest BCUT2D eigenvalue weighted by molar-refractivity contribution is 0.0945. The van der Waals surface area contributed by atoms with Crippen LogP contribution in [0.2, 0.25) is 0 Å². The van der Waals surface area contributed by atoms with Crippen LogP contribution in [-0.4, -0.2) is 22.7 Å². The smallest absolute Gasteiger partial charge is 0.270 e. The number of ether oxygens (including phenoxy) is 2. The zero-order chi connectivity index (χ0) is 20.4. The number of aromatic nitrogens is 2. The topological polar surface area (TPSA) is 85.4 Å². The van der Waals surface area contributed by atoms with Gasteiger partial charge in [0.25, 0.3) is 5.91 Å². The van der Waals surface area contributed by atoms with Gasteiger partial charge < -0.3 is 20.1 Å². The van der Waals surface area contributed by atoms with Crippen LogP contribution in [0.3, 0.4) is 0 Å². The SMILES string of the molecule is Cc1ccc(Nc2nc(C)cc(C(=O)NCc3ccc4c(c3)OCO4)n2)c(C)c1. The van der Waals surface area contributed by atoms with E-state index < -0.39 is 0 Å². The third kappa shape index (κ3) is 4.29. The second-order valence-corrected chi connectivity index (χ2v) is 7.03. The second kappa shape index (κ2) is 7.79. The molecule has 0 bridgehead atoms. The Morgan fingerprint density at radius 1 is 1.00 bits per heavy atom. The molecule has 0 unspecified atom stereocenters. The molecule has 1 aliphatic rings. The fraction of sp³-hybridized carbons (Fsp3) is 0.227. The minimum absolute atomic E-state index is 0.224. The summed E-state index contributed by atoms with van der Waals surface area (Å²) in [5, 5.41) is 6.10. The first-order chi connectivity index (χ1) is 14.0. The van der Waals surface area contributed by atoms with Crippen LogP contribution in [0.4, 0.5) is 11.6 Å². The first-order valence-corrected chi connectivity index (χ1v) is 9.34. The Labute approximate surface area is 169 Å². The summed E-state index contributed by atoms with van der Waals surface area (Å²) in [5.74, 6) is 1.53. The average molecular weight is 390 g/mol. The van der Waals surface area contributed by atoms with Crippen molar-refractivity contribution in [3.63, 3.8) is 0 Å². The van der Waals surface area contributed by atoms with Crippen molar-refractivity contribution < 1.29 is 14.3 Å². The van der Waals surface area contributed by atoms with Gasteiger partial charge in [-0.15, -0.1) is 0 Å². The summed E-state index contributed by atoms with van der Waals surface area (Å²) >= 11 is 0. The minimum Gasteiger partial charge on any atom is -0.454 e. The fourth-order valence-corrected chi connectivity index (χ4v) is 3.14. The Morgan fingerprint density at radius 2 is 1.83 bits per heavy atom. The molecule has 3 aromatic rings. The molecule has 1 aliphatic heterocycles. The van der Waals surface area contributed by atoms with Crippen LogP contribution in [0.1, 0.15) is 32.9 Å². The van der Waals surface area contributed by atoms with Gasteiger partial charge >= 0.3 is 0 Å². The molecular weight excluding hydrogens is 368 g/mol. The standard InChI is InChI=1S/C22H22N4O3/c1-13-4-6-17(14(2)8-13)25-22-24-15(3)9-18(26-22)21(27)23-11-16-5-7-19-20(10-16)29-12-28-19/h4-10H,11-12H2,1-3H3,(H,23,27)(H,24,25,26).